The minimum Gasteiger partial charge on any atom is -0.335 e. The van der Waals surface area contributed by atoms with Gasteiger partial charge in [-0.25, -0.2) is 4.98 Å². The summed E-state index contributed by atoms with van der Waals surface area (Å²) in [5.74, 6) is 1.36. The van der Waals surface area contributed by atoms with Crippen LogP contribution in [-0.2, 0) is 25.8 Å². The van der Waals surface area contributed by atoms with Crippen LogP contribution >= 0.6 is 0 Å². The van der Waals surface area contributed by atoms with E-state index in [4.69, 9.17) is 4.98 Å². The van der Waals surface area contributed by atoms with Crippen molar-refractivity contribution in [2.75, 3.05) is 0 Å². The molecule has 1 heterocycles. The fourth-order valence-electron chi connectivity index (χ4n) is 6.22. The van der Waals surface area contributed by atoms with Gasteiger partial charge in [0.2, 0.25) is 0 Å². The van der Waals surface area contributed by atoms with Gasteiger partial charge in [0.25, 0.3) is 0 Å². The molecule has 0 bridgehead atoms. The number of nitrogens with zero attached hydrogens (tertiary/aromatic N) is 2. The highest BCUT2D eigenvalue weighted by atomic mass is 15.1. The molecule has 1 aromatic heterocycles. The van der Waals surface area contributed by atoms with Gasteiger partial charge in [0.05, 0.1) is 5.69 Å². The van der Waals surface area contributed by atoms with E-state index in [0.717, 1.165) is 25.8 Å². The molecule has 2 heteroatoms. The van der Waals surface area contributed by atoms with Crippen molar-refractivity contribution < 1.29 is 0 Å². The second kappa shape index (κ2) is 26.1. The van der Waals surface area contributed by atoms with Crippen LogP contribution in [0, 0.1) is 0 Å². The third-order valence-electron chi connectivity index (χ3n) is 8.91. The Morgan fingerprint density at radius 1 is 0.463 bits per heavy atom. The molecule has 0 fully saturated rings. The van der Waals surface area contributed by atoms with Crippen molar-refractivity contribution in [2.24, 2.45) is 0 Å². The molecule has 0 atom stereocenters. The van der Waals surface area contributed by atoms with Gasteiger partial charge in [-0.2, -0.15) is 0 Å². The zero-order valence-electron chi connectivity index (χ0n) is 27.7. The molecule has 2 rings (SSSR count). The Kier molecular flexibility index (Phi) is 22.7. The molecule has 0 spiro atoms. The first-order valence-corrected chi connectivity index (χ1v) is 18.4. The van der Waals surface area contributed by atoms with E-state index >= 15 is 0 Å². The molecule has 0 radical (unpaired) electrons. The van der Waals surface area contributed by atoms with Crippen LogP contribution in [-0.4, -0.2) is 9.55 Å². The van der Waals surface area contributed by atoms with Crippen molar-refractivity contribution in [2.45, 2.75) is 194 Å². The monoisotopic (exact) mass is 565 g/mol. The Morgan fingerprint density at radius 2 is 0.927 bits per heavy atom. The number of hydrogen-bond donors (Lipinski definition) is 0. The first-order chi connectivity index (χ1) is 20.3. The maximum Gasteiger partial charge on any atom is 0.108 e. The molecule has 0 aliphatic carbocycles. The van der Waals surface area contributed by atoms with Gasteiger partial charge in [0.15, 0.2) is 0 Å². The quantitative estimate of drug-likeness (QED) is 0.0898. The SMILES string of the molecule is CCCCCCCCCCCCCCc1nc(CCCc2ccccc2)cn1CCCCCCCCCCCCC. The highest BCUT2D eigenvalue weighted by molar-refractivity contribution is 5.15. The predicted octanol–water partition coefficient (Wildman–Crippen LogP) is 12.6. The van der Waals surface area contributed by atoms with Crippen molar-refractivity contribution >= 4 is 0 Å². The molecule has 0 unspecified atom stereocenters. The number of unbranched alkanes of at least 4 members (excludes halogenated alkanes) is 21. The standard InChI is InChI=1S/C39H68N2/c1-3-5-7-9-11-13-15-16-18-20-22-27-34-39-40-38(33-29-32-37-30-25-24-26-31-37)36-41(39)35-28-23-21-19-17-14-12-10-8-6-4-2/h24-26,30-31,36H,3-23,27-29,32-35H2,1-2H3. The van der Waals surface area contributed by atoms with Crippen molar-refractivity contribution in [1.82, 2.24) is 9.55 Å². The molecular formula is C39H68N2. The van der Waals surface area contributed by atoms with Crippen molar-refractivity contribution in [3.63, 3.8) is 0 Å². The second-order valence-electron chi connectivity index (χ2n) is 12.9. The second-order valence-corrected chi connectivity index (χ2v) is 12.9. The van der Waals surface area contributed by atoms with Gasteiger partial charge >= 0.3 is 0 Å². The van der Waals surface area contributed by atoms with Crippen LogP contribution in [0.25, 0.3) is 0 Å². The van der Waals surface area contributed by atoms with Crippen molar-refractivity contribution in [1.29, 1.82) is 0 Å². The van der Waals surface area contributed by atoms with E-state index in [1.54, 1.807) is 0 Å². The summed E-state index contributed by atoms with van der Waals surface area (Å²) >= 11 is 0. The average molecular weight is 565 g/mol. The Bertz CT molecular complexity index is 808. The van der Waals surface area contributed by atoms with E-state index in [2.05, 4.69) is 54.9 Å². The first kappa shape index (κ1) is 35.6. The van der Waals surface area contributed by atoms with Gasteiger partial charge in [0.1, 0.15) is 5.82 Å². The smallest absolute Gasteiger partial charge is 0.108 e. The molecule has 0 aliphatic heterocycles. The lowest BCUT2D eigenvalue weighted by Gasteiger charge is -2.08. The summed E-state index contributed by atoms with van der Waals surface area (Å²) in [6.07, 6.45) is 39.5. The van der Waals surface area contributed by atoms with Gasteiger partial charge in [-0.3, -0.25) is 0 Å². The van der Waals surface area contributed by atoms with Crippen LogP contribution < -0.4 is 0 Å². The van der Waals surface area contributed by atoms with Crippen molar-refractivity contribution in [3.8, 4) is 0 Å². The summed E-state index contributed by atoms with van der Waals surface area (Å²) in [7, 11) is 0. The van der Waals surface area contributed by atoms with Gasteiger partial charge in [-0.15, -0.1) is 0 Å². The molecule has 0 saturated heterocycles. The first-order valence-electron chi connectivity index (χ1n) is 18.4. The van der Waals surface area contributed by atoms with E-state index in [-0.39, 0.29) is 0 Å². The molecule has 0 aliphatic rings. The molecule has 41 heavy (non-hydrogen) atoms. The Morgan fingerprint density at radius 3 is 1.44 bits per heavy atom. The normalized spacial score (nSPS) is 11.5. The third-order valence-corrected chi connectivity index (χ3v) is 8.91. The minimum atomic E-state index is 1.10. The summed E-state index contributed by atoms with van der Waals surface area (Å²) in [5.41, 5.74) is 2.77. The maximum atomic E-state index is 5.16. The lowest BCUT2D eigenvalue weighted by Crippen LogP contribution is -2.03. The fourth-order valence-corrected chi connectivity index (χ4v) is 6.22. The Labute approximate surface area is 256 Å². The van der Waals surface area contributed by atoms with E-state index in [1.165, 1.54) is 171 Å². The Balaban J connectivity index is 1.64. The topological polar surface area (TPSA) is 17.8 Å². The number of aryl methyl sites for hydroxylation is 4. The van der Waals surface area contributed by atoms with E-state index < -0.39 is 0 Å². The van der Waals surface area contributed by atoms with Crippen LogP contribution in [0.15, 0.2) is 36.5 Å². The summed E-state index contributed by atoms with van der Waals surface area (Å²) in [4.78, 5) is 5.16. The van der Waals surface area contributed by atoms with Crippen LogP contribution in [0.1, 0.15) is 185 Å². The van der Waals surface area contributed by atoms with Crippen LogP contribution in [0.2, 0.25) is 0 Å². The van der Waals surface area contributed by atoms with Gasteiger partial charge in [-0.1, -0.05) is 179 Å². The largest absolute Gasteiger partial charge is 0.335 e. The molecule has 2 nitrogen and oxygen atoms in total. The summed E-state index contributed by atoms with van der Waals surface area (Å²) in [6.45, 7) is 5.77. The minimum absolute atomic E-state index is 1.10. The zero-order chi connectivity index (χ0) is 29.1. The predicted molar refractivity (Wildman–Crippen MR) is 182 cm³/mol. The highest BCUT2D eigenvalue weighted by Gasteiger charge is 2.09. The summed E-state index contributed by atoms with van der Waals surface area (Å²) in [6, 6.07) is 10.9. The van der Waals surface area contributed by atoms with E-state index in [1.807, 2.05) is 0 Å². The molecule has 0 saturated carbocycles. The molecule has 0 N–H and O–H groups in total. The number of imidazole rings is 1. The zero-order valence-corrected chi connectivity index (χ0v) is 27.7. The maximum absolute atomic E-state index is 5.16. The number of hydrogen-bond acceptors (Lipinski definition) is 1. The average Bonchev–Trinajstić information content (AvgIpc) is 3.38. The fraction of sp³-hybridized carbons (Fsp3) is 0.769. The van der Waals surface area contributed by atoms with Gasteiger partial charge in [0, 0.05) is 19.2 Å². The van der Waals surface area contributed by atoms with Gasteiger partial charge in [-0.05, 0) is 37.7 Å². The van der Waals surface area contributed by atoms with Gasteiger partial charge < -0.3 is 4.57 Å². The third kappa shape index (κ3) is 19.3. The van der Waals surface area contributed by atoms with E-state index in [9.17, 15) is 0 Å². The Hall–Kier alpha value is -1.57. The molecule has 0 amide bonds. The van der Waals surface area contributed by atoms with Crippen LogP contribution in [0.5, 0.6) is 0 Å². The highest BCUT2D eigenvalue weighted by Crippen LogP contribution is 2.17. The van der Waals surface area contributed by atoms with Crippen LogP contribution in [0.4, 0.5) is 0 Å². The molecule has 234 valence electrons. The van der Waals surface area contributed by atoms with Crippen LogP contribution in [0.3, 0.4) is 0 Å². The van der Waals surface area contributed by atoms with E-state index in [0.29, 0.717) is 0 Å². The summed E-state index contributed by atoms with van der Waals surface area (Å²) in [5, 5.41) is 0. The number of rotatable bonds is 29. The summed E-state index contributed by atoms with van der Waals surface area (Å²) < 4.78 is 2.53. The molecule has 2 aromatic rings. The lowest BCUT2D eigenvalue weighted by molar-refractivity contribution is 0.518. The molecule has 1 aromatic carbocycles. The molecular weight excluding hydrogens is 496 g/mol. The number of aromatic nitrogens is 2. The lowest BCUT2D eigenvalue weighted by atomic mass is 10.0. The van der Waals surface area contributed by atoms with Crippen molar-refractivity contribution in [3.05, 3.63) is 53.6 Å². The number of benzene rings is 1.